The topological polar surface area (TPSA) is 49.9 Å². The molecule has 0 radical (unpaired) electrons. The van der Waals surface area contributed by atoms with Crippen LogP contribution in [0.3, 0.4) is 0 Å². The molecule has 13 heavy (non-hydrogen) atoms. The Morgan fingerprint density at radius 1 is 1.38 bits per heavy atom. The Labute approximate surface area is 77.2 Å². The van der Waals surface area contributed by atoms with Crippen LogP contribution in [0.1, 0.15) is 0 Å². The number of esters is 1. The highest BCUT2D eigenvalue weighted by molar-refractivity contribution is 5.71. The van der Waals surface area contributed by atoms with Gasteiger partial charge in [-0.2, -0.15) is 0 Å². The van der Waals surface area contributed by atoms with Gasteiger partial charge in [-0.25, -0.2) is 0 Å². The average molecular weight is 186 g/mol. The van der Waals surface area contributed by atoms with E-state index in [1.165, 1.54) is 7.11 Å². The van der Waals surface area contributed by atoms with Gasteiger partial charge in [0.25, 0.3) is 0 Å². The molecule has 74 valence electrons. The van der Waals surface area contributed by atoms with Gasteiger partial charge in [-0.05, 0) is 0 Å². The Kier molecular flexibility index (Phi) is 3.70. The summed E-state index contributed by atoms with van der Waals surface area (Å²) in [5.74, 6) is -0.223. The highest BCUT2D eigenvalue weighted by Crippen LogP contribution is 1.98. The molecule has 1 saturated heterocycles. The van der Waals surface area contributed by atoms with Crippen molar-refractivity contribution in [1.29, 1.82) is 0 Å². The number of nitrogens with zero attached hydrogens (tertiary/aromatic N) is 2. The quantitative estimate of drug-likeness (QED) is 0.416. The number of carbonyl (C=O) groups is 2. The van der Waals surface area contributed by atoms with Gasteiger partial charge in [0.05, 0.1) is 13.7 Å². The second-order valence-corrected chi connectivity index (χ2v) is 2.99. The molecule has 0 aromatic rings. The number of methoxy groups -OCH3 is 1. The van der Waals surface area contributed by atoms with Crippen LogP contribution in [0.15, 0.2) is 0 Å². The smallest absolute Gasteiger partial charge is 0.319 e. The number of hydrogen-bond donors (Lipinski definition) is 0. The summed E-state index contributed by atoms with van der Waals surface area (Å²) in [5, 5.41) is 0. The first-order chi connectivity index (χ1) is 6.26. The molecule has 0 unspecified atom stereocenters. The Bertz CT molecular complexity index is 188. The fourth-order valence-corrected chi connectivity index (χ4v) is 1.27. The van der Waals surface area contributed by atoms with E-state index < -0.39 is 0 Å². The first-order valence-corrected chi connectivity index (χ1v) is 4.25. The first-order valence-electron chi connectivity index (χ1n) is 4.25. The lowest BCUT2D eigenvalue weighted by atomic mass is 10.3. The number of rotatable bonds is 3. The molecule has 0 saturated carbocycles. The lowest BCUT2D eigenvalue weighted by molar-refractivity contribution is -0.142. The van der Waals surface area contributed by atoms with E-state index in [1.807, 2.05) is 4.90 Å². The van der Waals surface area contributed by atoms with Gasteiger partial charge in [0.2, 0.25) is 6.41 Å². The van der Waals surface area contributed by atoms with Crippen LogP contribution in [0, 0.1) is 0 Å². The van der Waals surface area contributed by atoms with E-state index in [4.69, 9.17) is 0 Å². The first kappa shape index (κ1) is 9.98. The van der Waals surface area contributed by atoms with Crippen molar-refractivity contribution < 1.29 is 14.3 Å². The molecule has 0 aromatic carbocycles. The largest absolute Gasteiger partial charge is 0.468 e. The lowest BCUT2D eigenvalue weighted by Crippen LogP contribution is -2.47. The van der Waals surface area contributed by atoms with Crippen molar-refractivity contribution in [2.24, 2.45) is 0 Å². The third kappa shape index (κ3) is 3.02. The molecule has 1 aliphatic rings. The molecular formula is C8H14N2O3. The fraction of sp³-hybridized carbons (Fsp3) is 0.750. The summed E-state index contributed by atoms with van der Waals surface area (Å²) in [7, 11) is 1.38. The highest BCUT2D eigenvalue weighted by Gasteiger charge is 2.17. The van der Waals surface area contributed by atoms with E-state index in [2.05, 4.69) is 4.74 Å². The minimum atomic E-state index is -0.223. The van der Waals surface area contributed by atoms with Crippen LogP contribution >= 0.6 is 0 Å². The lowest BCUT2D eigenvalue weighted by Gasteiger charge is -2.31. The normalized spacial score (nSPS) is 18.4. The van der Waals surface area contributed by atoms with Gasteiger partial charge in [0.15, 0.2) is 0 Å². The molecule has 1 rings (SSSR count). The minimum absolute atomic E-state index is 0.223. The van der Waals surface area contributed by atoms with Crippen molar-refractivity contribution in [2.75, 3.05) is 39.8 Å². The van der Waals surface area contributed by atoms with Crippen LogP contribution in [0.4, 0.5) is 0 Å². The molecule has 1 aliphatic heterocycles. The van der Waals surface area contributed by atoms with Crippen molar-refractivity contribution in [3.8, 4) is 0 Å². The maximum Gasteiger partial charge on any atom is 0.319 e. The van der Waals surface area contributed by atoms with Crippen LogP contribution in [-0.4, -0.2) is 62.0 Å². The number of piperazine rings is 1. The van der Waals surface area contributed by atoms with E-state index in [9.17, 15) is 9.59 Å². The second kappa shape index (κ2) is 4.81. The van der Waals surface area contributed by atoms with E-state index in [0.717, 1.165) is 19.5 Å². The molecule has 0 aromatic heterocycles. The predicted molar refractivity (Wildman–Crippen MR) is 46.1 cm³/mol. The fourth-order valence-electron chi connectivity index (χ4n) is 1.27. The van der Waals surface area contributed by atoms with Crippen molar-refractivity contribution >= 4 is 12.4 Å². The molecule has 5 heteroatoms. The van der Waals surface area contributed by atoms with E-state index >= 15 is 0 Å². The molecule has 1 fully saturated rings. The van der Waals surface area contributed by atoms with E-state index in [0.29, 0.717) is 19.6 Å². The van der Waals surface area contributed by atoms with Gasteiger partial charge in [-0.3, -0.25) is 14.5 Å². The van der Waals surface area contributed by atoms with Crippen LogP contribution < -0.4 is 0 Å². The summed E-state index contributed by atoms with van der Waals surface area (Å²) in [6.45, 7) is 3.20. The Balaban J connectivity index is 2.24. The number of carbonyl (C=O) groups excluding carboxylic acids is 2. The summed E-state index contributed by atoms with van der Waals surface area (Å²) >= 11 is 0. The standard InChI is InChI=1S/C8H14N2O3/c1-13-8(12)6-9-2-4-10(7-11)5-3-9/h7H,2-6H2,1H3. The number of amides is 1. The van der Waals surface area contributed by atoms with Gasteiger partial charge in [-0.1, -0.05) is 0 Å². The van der Waals surface area contributed by atoms with Gasteiger partial charge >= 0.3 is 5.97 Å². The SMILES string of the molecule is COC(=O)CN1CCN(C=O)CC1. The third-order valence-corrected chi connectivity index (χ3v) is 2.14. The number of hydrogen-bond acceptors (Lipinski definition) is 4. The monoisotopic (exact) mass is 186 g/mol. The van der Waals surface area contributed by atoms with Gasteiger partial charge in [-0.15, -0.1) is 0 Å². The van der Waals surface area contributed by atoms with Crippen molar-refractivity contribution in [2.45, 2.75) is 0 Å². The van der Waals surface area contributed by atoms with E-state index in [-0.39, 0.29) is 5.97 Å². The maximum absolute atomic E-state index is 10.9. The zero-order valence-electron chi connectivity index (χ0n) is 7.73. The highest BCUT2D eigenvalue weighted by atomic mass is 16.5. The van der Waals surface area contributed by atoms with Crippen LogP contribution in [0.25, 0.3) is 0 Å². The average Bonchev–Trinajstić information content (AvgIpc) is 2.19. The van der Waals surface area contributed by atoms with Crippen molar-refractivity contribution in [3.63, 3.8) is 0 Å². The molecule has 0 N–H and O–H groups in total. The summed E-state index contributed by atoms with van der Waals surface area (Å²) in [5.41, 5.74) is 0. The molecular weight excluding hydrogens is 172 g/mol. The zero-order chi connectivity index (χ0) is 9.68. The maximum atomic E-state index is 10.9. The molecule has 0 bridgehead atoms. The predicted octanol–water partition coefficient (Wildman–Crippen LogP) is -1.07. The summed E-state index contributed by atoms with van der Waals surface area (Å²) in [6, 6.07) is 0. The molecule has 1 heterocycles. The van der Waals surface area contributed by atoms with Crippen LogP contribution in [0.5, 0.6) is 0 Å². The molecule has 5 nitrogen and oxygen atoms in total. The van der Waals surface area contributed by atoms with Gasteiger partial charge < -0.3 is 9.64 Å². The Hall–Kier alpha value is -1.10. The van der Waals surface area contributed by atoms with E-state index in [1.54, 1.807) is 4.90 Å². The van der Waals surface area contributed by atoms with Crippen molar-refractivity contribution in [3.05, 3.63) is 0 Å². The molecule has 1 amide bonds. The summed E-state index contributed by atoms with van der Waals surface area (Å²) in [4.78, 5) is 24.9. The Morgan fingerprint density at radius 3 is 2.46 bits per heavy atom. The second-order valence-electron chi connectivity index (χ2n) is 2.99. The number of ether oxygens (including phenoxy) is 1. The molecule has 0 atom stereocenters. The molecule has 0 spiro atoms. The minimum Gasteiger partial charge on any atom is -0.468 e. The summed E-state index contributed by atoms with van der Waals surface area (Å²) in [6.07, 6.45) is 0.843. The third-order valence-electron chi connectivity index (χ3n) is 2.14. The molecule has 0 aliphatic carbocycles. The summed E-state index contributed by atoms with van der Waals surface area (Å²) < 4.78 is 4.54. The van der Waals surface area contributed by atoms with Crippen LogP contribution in [-0.2, 0) is 14.3 Å². The van der Waals surface area contributed by atoms with Crippen LogP contribution in [0.2, 0.25) is 0 Å². The van der Waals surface area contributed by atoms with Crippen molar-refractivity contribution in [1.82, 2.24) is 9.80 Å². The van der Waals surface area contributed by atoms with Gasteiger partial charge in [0, 0.05) is 26.2 Å². The zero-order valence-corrected chi connectivity index (χ0v) is 7.73. The Morgan fingerprint density at radius 2 is 2.00 bits per heavy atom. The van der Waals surface area contributed by atoms with Gasteiger partial charge in [0.1, 0.15) is 0 Å².